The summed E-state index contributed by atoms with van der Waals surface area (Å²) in [5.41, 5.74) is 3.68. The van der Waals surface area contributed by atoms with Crippen LogP contribution in [0.1, 0.15) is 0 Å². The average molecular weight is 449 g/mol. The summed E-state index contributed by atoms with van der Waals surface area (Å²) in [5, 5.41) is 10.7. The summed E-state index contributed by atoms with van der Waals surface area (Å²) < 4.78 is 11.7. The molecule has 0 radical (unpaired) electrons. The Bertz CT molecular complexity index is 1530. The molecule has 0 saturated carbocycles. The number of ether oxygens (including phenoxy) is 1. The van der Waals surface area contributed by atoms with Gasteiger partial charge < -0.3 is 9.15 Å². The molecule has 0 aliphatic carbocycles. The third-order valence-electron chi connectivity index (χ3n) is 5.06. The van der Waals surface area contributed by atoms with Crippen LogP contribution in [0.4, 0.5) is 0 Å². The molecule has 0 fully saturated rings. The Morgan fingerprint density at radius 1 is 0.848 bits per heavy atom. The predicted octanol–water partition coefficient (Wildman–Crippen LogP) is 6.26. The van der Waals surface area contributed by atoms with Crippen molar-refractivity contribution in [1.82, 2.24) is 25.1 Å². The van der Waals surface area contributed by atoms with Crippen LogP contribution < -0.4 is 4.74 Å². The lowest BCUT2D eigenvalue weighted by atomic mass is 10.1. The molecule has 0 bridgehead atoms. The topological polar surface area (TPSA) is 86.8 Å². The highest BCUT2D eigenvalue weighted by Gasteiger charge is 2.18. The van der Waals surface area contributed by atoms with Crippen molar-refractivity contribution < 1.29 is 9.15 Å². The van der Waals surface area contributed by atoms with Crippen molar-refractivity contribution in [2.24, 2.45) is 0 Å². The highest BCUT2D eigenvalue weighted by molar-refractivity contribution is 7.17. The molecule has 158 valence electrons. The van der Waals surface area contributed by atoms with Crippen LogP contribution in [0.3, 0.4) is 0 Å². The number of hydrogen-bond donors (Lipinski definition) is 0. The summed E-state index contributed by atoms with van der Waals surface area (Å²) in [6, 6.07) is 21.4. The minimum absolute atomic E-state index is 0.421. The fourth-order valence-electron chi connectivity index (χ4n) is 3.54. The molecule has 0 spiro atoms. The third kappa shape index (κ3) is 3.72. The molecule has 6 rings (SSSR count). The third-order valence-corrected chi connectivity index (χ3v) is 5.93. The first-order valence-electron chi connectivity index (χ1n) is 10.1. The van der Waals surface area contributed by atoms with E-state index in [4.69, 9.17) is 19.1 Å². The minimum Gasteiger partial charge on any atom is -0.438 e. The minimum atomic E-state index is 0.421. The van der Waals surface area contributed by atoms with Gasteiger partial charge in [-0.3, -0.25) is 4.98 Å². The van der Waals surface area contributed by atoms with E-state index in [1.54, 1.807) is 23.7 Å². The molecular weight excluding hydrogens is 434 g/mol. The number of aromatic nitrogens is 5. The number of thiophene rings is 1. The van der Waals surface area contributed by atoms with Crippen molar-refractivity contribution in [1.29, 1.82) is 0 Å². The lowest BCUT2D eigenvalue weighted by molar-refractivity contribution is 0.469. The molecule has 0 amide bonds. The number of pyridine rings is 1. The number of fused-ring (bicyclic) bond motifs is 1. The van der Waals surface area contributed by atoms with E-state index < -0.39 is 0 Å². The number of hydrogen-bond acceptors (Lipinski definition) is 8. The fourth-order valence-corrected chi connectivity index (χ4v) is 4.48. The predicted molar refractivity (Wildman–Crippen MR) is 126 cm³/mol. The van der Waals surface area contributed by atoms with Crippen LogP contribution in [0, 0.1) is 0 Å². The van der Waals surface area contributed by atoms with Gasteiger partial charge in [0.15, 0.2) is 5.82 Å². The van der Waals surface area contributed by atoms with Crippen LogP contribution in [0.15, 0.2) is 95.3 Å². The Morgan fingerprint density at radius 3 is 2.55 bits per heavy atom. The highest BCUT2D eigenvalue weighted by atomic mass is 32.1. The highest BCUT2D eigenvalue weighted by Crippen LogP contribution is 2.40. The van der Waals surface area contributed by atoms with Crippen molar-refractivity contribution in [3.8, 4) is 45.6 Å². The first-order chi connectivity index (χ1) is 16.3. The summed E-state index contributed by atoms with van der Waals surface area (Å²) >= 11 is 1.56. The second-order valence-corrected chi connectivity index (χ2v) is 8.02. The Kier molecular flexibility index (Phi) is 4.82. The van der Waals surface area contributed by atoms with Gasteiger partial charge in [0.25, 0.3) is 0 Å². The van der Waals surface area contributed by atoms with E-state index in [0.717, 1.165) is 32.5 Å². The zero-order chi connectivity index (χ0) is 22.0. The van der Waals surface area contributed by atoms with E-state index in [2.05, 4.69) is 32.7 Å². The van der Waals surface area contributed by atoms with E-state index in [1.165, 1.54) is 6.39 Å². The number of benzene rings is 2. The zero-order valence-corrected chi connectivity index (χ0v) is 17.9. The fraction of sp³-hybridized carbons (Fsp3) is 0. The van der Waals surface area contributed by atoms with Gasteiger partial charge in [-0.05, 0) is 35.9 Å². The molecule has 0 unspecified atom stereocenters. The van der Waals surface area contributed by atoms with E-state index in [-0.39, 0.29) is 0 Å². The zero-order valence-electron chi connectivity index (χ0n) is 17.1. The molecule has 4 heterocycles. The van der Waals surface area contributed by atoms with Gasteiger partial charge >= 0.3 is 0 Å². The van der Waals surface area contributed by atoms with E-state index in [9.17, 15) is 0 Å². The standard InChI is InChI=1S/C25H15N5O2S/c1-2-6-16(7-3-1)20-14-33-25-21(20)24(28-22(29-25)18-9-5-11-26-13-18)32-19-10-4-8-17(12-19)23-30-27-15-31-23/h1-15H. The molecular formula is C25H15N5O2S. The van der Waals surface area contributed by atoms with Gasteiger partial charge in [-0.1, -0.05) is 36.4 Å². The summed E-state index contributed by atoms with van der Waals surface area (Å²) in [4.78, 5) is 14.7. The molecule has 7 nitrogen and oxygen atoms in total. The van der Waals surface area contributed by atoms with Crippen LogP contribution >= 0.6 is 11.3 Å². The van der Waals surface area contributed by atoms with E-state index >= 15 is 0 Å². The second-order valence-electron chi connectivity index (χ2n) is 7.16. The van der Waals surface area contributed by atoms with Crippen LogP contribution in [0.5, 0.6) is 11.6 Å². The second kappa shape index (κ2) is 8.25. The average Bonchev–Trinajstić information content (AvgIpc) is 3.56. The van der Waals surface area contributed by atoms with Gasteiger partial charge in [0.2, 0.25) is 18.2 Å². The summed E-state index contributed by atoms with van der Waals surface area (Å²) in [6.07, 6.45) is 4.77. The maximum absolute atomic E-state index is 6.36. The Morgan fingerprint density at radius 2 is 1.73 bits per heavy atom. The largest absolute Gasteiger partial charge is 0.438 e. The first-order valence-corrected chi connectivity index (χ1v) is 11.0. The lowest BCUT2D eigenvalue weighted by Crippen LogP contribution is -1.96. The van der Waals surface area contributed by atoms with Gasteiger partial charge in [0.1, 0.15) is 10.6 Å². The monoisotopic (exact) mass is 449 g/mol. The van der Waals surface area contributed by atoms with Crippen LogP contribution in [0.25, 0.3) is 44.2 Å². The lowest BCUT2D eigenvalue weighted by Gasteiger charge is -2.10. The summed E-state index contributed by atoms with van der Waals surface area (Å²) in [6.45, 7) is 0. The summed E-state index contributed by atoms with van der Waals surface area (Å²) in [5.74, 6) is 2.06. The van der Waals surface area contributed by atoms with Gasteiger partial charge in [0.05, 0.1) is 5.39 Å². The molecule has 2 aromatic carbocycles. The molecule has 0 N–H and O–H groups in total. The molecule has 0 aliphatic rings. The van der Waals surface area contributed by atoms with E-state index in [0.29, 0.717) is 23.3 Å². The molecule has 8 heteroatoms. The Balaban J connectivity index is 1.51. The Hall–Kier alpha value is -4.43. The smallest absolute Gasteiger partial charge is 0.247 e. The van der Waals surface area contributed by atoms with Gasteiger partial charge in [-0.25, -0.2) is 4.98 Å². The van der Waals surface area contributed by atoms with Crippen molar-refractivity contribution in [3.63, 3.8) is 0 Å². The van der Waals surface area contributed by atoms with Gasteiger partial charge in [0, 0.05) is 34.5 Å². The van der Waals surface area contributed by atoms with Crippen molar-refractivity contribution in [2.45, 2.75) is 0 Å². The molecule has 4 aromatic heterocycles. The van der Waals surface area contributed by atoms with E-state index in [1.807, 2.05) is 54.6 Å². The first kappa shape index (κ1) is 19.3. The normalized spacial score (nSPS) is 11.0. The number of rotatable bonds is 5. The van der Waals surface area contributed by atoms with Gasteiger partial charge in [-0.2, -0.15) is 4.98 Å². The van der Waals surface area contributed by atoms with Crippen molar-refractivity contribution in [2.75, 3.05) is 0 Å². The molecule has 6 aromatic rings. The number of nitrogens with zero attached hydrogens (tertiary/aromatic N) is 5. The maximum atomic E-state index is 6.36. The van der Waals surface area contributed by atoms with Crippen LogP contribution in [-0.2, 0) is 0 Å². The molecule has 0 atom stereocenters. The van der Waals surface area contributed by atoms with Crippen LogP contribution in [0.2, 0.25) is 0 Å². The van der Waals surface area contributed by atoms with Crippen molar-refractivity contribution >= 4 is 21.6 Å². The summed E-state index contributed by atoms with van der Waals surface area (Å²) in [7, 11) is 0. The molecule has 0 saturated heterocycles. The van der Waals surface area contributed by atoms with Gasteiger partial charge in [-0.15, -0.1) is 21.5 Å². The maximum Gasteiger partial charge on any atom is 0.247 e. The van der Waals surface area contributed by atoms with Crippen molar-refractivity contribution in [3.05, 3.63) is 90.9 Å². The molecule has 33 heavy (non-hydrogen) atoms. The SMILES string of the molecule is c1ccc(-c2csc3nc(-c4cccnc4)nc(Oc4cccc(-c5nnco5)c4)c23)cc1. The quantitative estimate of drug-likeness (QED) is 0.307. The Labute approximate surface area is 192 Å². The van der Waals surface area contributed by atoms with Crippen LogP contribution in [-0.4, -0.2) is 25.1 Å². The molecule has 0 aliphatic heterocycles.